The molecule has 0 aliphatic rings. The lowest BCUT2D eigenvalue weighted by molar-refractivity contribution is 0.464. The second-order valence-corrected chi connectivity index (χ2v) is 5.74. The summed E-state index contributed by atoms with van der Waals surface area (Å²) in [5.41, 5.74) is 1.81. The van der Waals surface area contributed by atoms with Crippen LogP contribution in [-0.2, 0) is 0 Å². The Morgan fingerprint density at radius 1 is 1.44 bits per heavy atom. The summed E-state index contributed by atoms with van der Waals surface area (Å²) in [7, 11) is 0. The van der Waals surface area contributed by atoms with Crippen LogP contribution in [-0.4, -0.2) is 25.3 Å². The molecule has 3 heterocycles. The Balaban J connectivity index is 2.00. The maximum Gasteiger partial charge on any atom is 0.276 e. The van der Waals surface area contributed by atoms with Crippen molar-refractivity contribution in [3.8, 4) is 11.6 Å². The first-order valence-corrected chi connectivity index (χ1v) is 7.55. The molecular weight excluding hydrogens is 268 g/mol. The number of fused-ring (bicyclic) bond motifs is 1. The molecule has 7 heteroatoms. The van der Waals surface area contributed by atoms with Gasteiger partial charge in [0.25, 0.3) is 11.1 Å². The number of thiazole rings is 1. The summed E-state index contributed by atoms with van der Waals surface area (Å²) in [6.45, 7) is 4.08. The average molecular weight is 280 g/mol. The van der Waals surface area contributed by atoms with Gasteiger partial charge in [-0.2, -0.15) is 0 Å². The predicted octanol–water partition coefficient (Wildman–Crippen LogP) is 3.26. The van der Waals surface area contributed by atoms with Crippen LogP contribution in [0.15, 0.2) is 21.2 Å². The van der Waals surface area contributed by atoms with Gasteiger partial charge in [-0.25, -0.2) is 4.98 Å². The third-order valence-electron chi connectivity index (χ3n) is 2.48. The van der Waals surface area contributed by atoms with E-state index in [-0.39, 0.29) is 0 Å². The molecule has 0 bridgehead atoms. The van der Waals surface area contributed by atoms with Crippen LogP contribution in [0, 0.1) is 6.92 Å². The Bertz CT molecular complexity index is 669. The molecule has 0 aromatic carbocycles. The summed E-state index contributed by atoms with van der Waals surface area (Å²) in [6.07, 6.45) is 3.06. The van der Waals surface area contributed by atoms with Crippen LogP contribution in [0.1, 0.15) is 19.0 Å². The van der Waals surface area contributed by atoms with E-state index in [2.05, 4.69) is 22.1 Å². The molecule has 94 valence electrons. The largest absolute Gasteiger partial charge is 0.410 e. The maximum absolute atomic E-state index is 5.67. The maximum atomic E-state index is 5.67. The standard InChI is InChI=1S/C11H12N4OS2/c1-3-5-18-11-14-13-9(16-11)8-7(2)12-10-15(8)4-6-17-10/h4,6H,3,5H2,1-2H3. The average Bonchev–Trinajstić information content (AvgIpc) is 3.01. The zero-order valence-corrected chi connectivity index (χ0v) is 11.7. The molecule has 0 fully saturated rings. The lowest BCUT2D eigenvalue weighted by Crippen LogP contribution is -1.86. The Hall–Kier alpha value is -1.34. The fourth-order valence-electron chi connectivity index (χ4n) is 1.70. The number of aromatic nitrogens is 4. The van der Waals surface area contributed by atoms with Gasteiger partial charge in [0.15, 0.2) is 4.96 Å². The smallest absolute Gasteiger partial charge is 0.276 e. The van der Waals surface area contributed by atoms with Gasteiger partial charge in [-0.05, 0) is 13.3 Å². The molecule has 0 amide bonds. The van der Waals surface area contributed by atoms with E-state index in [1.807, 2.05) is 22.9 Å². The number of nitrogens with zero attached hydrogens (tertiary/aromatic N) is 4. The van der Waals surface area contributed by atoms with Crippen molar-refractivity contribution in [1.29, 1.82) is 0 Å². The summed E-state index contributed by atoms with van der Waals surface area (Å²) >= 11 is 3.18. The summed E-state index contributed by atoms with van der Waals surface area (Å²) in [5, 5.41) is 10.8. The van der Waals surface area contributed by atoms with E-state index < -0.39 is 0 Å². The summed E-state index contributed by atoms with van der Waals surface area (Å²) in [5.74, 6) is 1.53. The molecule has 0 radical (unpaired) electrons. The van der Waals surface area contributed by atoms with Gasteiger partial charge in [0.2, 0.25) is 0 Å². The van der Waals surface area contributed by atoms with Crippen LogP contribution in [0.3, 0.4) is 0 Å². The Labute approximate surface area is 112 Å². The Morgan fingerprint density at radius 2 is 2.33 bits per heavy atom. The van der Waals surface area contributed by atoms with E-state index in [4.69, 9.17) is 4.42 Å². The second-order valence-electron chi connectivity index (χ2n) is 3.82. The normalized spacial score (nSPS) is 11.4. The van der Waals surface area contributed by atoms with Gasteiger partial charge in [0, 0.05) is 17.3 Å². The molecule has 0 unspecified atom stereocenters. The number of rotatable bonds is 4. The molecule has 3 aromatic rings. The van der Waals surface area contributed by atoms with Gasteiger partial charge in [0.05, 0.1) is 5.69 Å². The molecule has 0 saturated heterocycles. The first kappa shape index (κ1) is 11.7. The molecule has 5 nitrogen and oxygen atoms in total. The van der Waals surface area contributed by atoms with Crippen molar-refractivity contribution in [2.45, 2.75) is 25.5 Å². The number of imidazole rings is 1. The van der Waals surface area contributed by atoms with Crippen molar-refractivity contribution in [3.05, 3.63) is 17.3 Å². The molecule has 0 N–H and O–H groups in total. The Kier molecular flexibility index (Phi) is 3.09. The van der Waals surface area contributed by atoms with Crippen LogP contribution < -0.4 is 0 Å². The monoisotopic (exact) mass is 280 g/mol. The summed E-state index contributed by atoms with van der Waals surface area (Å²) < 4.78 is 7.66. The second kappa shape index (κ2) is 4.74. The van der Waals surface area contributed by atoms with Crippen molar-refractivity contribution < 1.29 is 4.42 Å². The summed E-state index contributed by atoms with van der Waals surface area (Å²) in [6, 6.07) is 0. The molecule has 0 spiro atoms. The third-order valence-corrected chi connectivity index (χ3v) is 4.26. The molecule has 0 atom stereocenters. The van der Waals surface area contributed by atoms with E-state index >= 15 is 0 Å². The van der Waals surface area contributed by atoms with Crippen LogP contribution in [0.4, 0.5) is 0 Å². The van der Waals surface area contributed by atoms with Crippen molar-refractivity contribution in [2.24, 2.45) is 0 Å². The fourth-order valence-corrected chi connectivity index (χ4v) is 3.08. The van der Waals surface area contributed by atoms with Crippen LogP contribution >= 0.6 is 23.1 Å². The van der Waals surface area contributed by atoms with E-state index in [1.54, 1.807) is 23.1 Å². The zero-order valence-electron chi connectivity index (χ0n) is 10.1. The minimum Gasteiger partial charge on any atom is -0.410 e. The van der Waals surface area contributed by atoms with Gasteiger partial charge in [-0.3, -0.25) is 4.40 Å². The van der Waals surface area contributed by atoms with Gasteiger partial charge < -0.3 is 4.42 Å². The van der Waals surface area contributed by atoms with Crippen molar-refractivity contribution in [2.75, 3.05) is 5.75 Å². The predicted molar refractivity (Wildman–Crippen MR) is 72.1 cm³/mol. The van der Waals surface area contributed by atoms with Gasteiger partial charge in [-0.1, -0.05) is 18.7 Å². The highest BCUT2D eigenvalue weighted by molar-refractivity contribution is 7.99. The topological polar surface area (TPSA) is 56.2 Å². The van der Waals surface area contributed by atoms with Crippen molar-refractivity contribution in [1.82, 2.24) is 19.6 Å². The van der Waals surface area contributed by atoms with Gasteiger partial charge in [-0.15, -0.1) is 21.5 Å². The highest BCUT2D eigenvalue weighted by Crippen LogP contribution is 2.28. The zero-order chi connectivity index (χ0) is 12.5. The highest BCUT2D eigenvalue weighted by Gasteiger charge is 2.17. The highest BCUT2D eigenvalue weighted by atomic mass is 32.2. The minimum atomic E-state index is 0.539. The molecule has 3 aromatic heterocycles. The van der Waals surface area contributed by atoms with Gasteiger partial charge >= 0.3 is 0 Å². The Morgan fingerprint density at radius 3 is 3.17 bits per heavy atom. The van der Waals surface area contributed by atoms with Crippen LogP contribution in [0.5, 0.6) is 0 Å². The molecule has 0 saturated carbocycles. The first-order valence-electron chi connectivity index (χ1n) is 5.68. The van der Waals surface area contributed by atoms with Crippen LogP contribution in [0.2, 0.25) is 0 Å². The third kappa shape index (κ3) is 1.93. The van der Waals surface area contributed by atoms with E-state index in [0.29, 0.717) is 11.1 Å². The number of hydrogen-bond acceptors (Lipinski definition) is 6. The van der Waals surface area contributed by atoms with Crippen molar-refractivity contribution >= 4 is 28.1 Å². The van der Waals surface area contributed by atoms with Gasteiger partial charge in [0.1, 0.15) is 5.69 Å². The molecule has 18 heavy (non-hydrogen) atoms. The fraction of sp³-hybridized carbons (Fsp3) is 0.364. The SMILES string of the molecule is CCCSc1nnc(-c2c(C)nc3sccn23)o1. The van der Waals surface area contributed by atoms with Crippen molar-refractivity contribution in [3.63, 3.8) is 0 Å². The lowest BCUT2D eigenvalue weighted by Gasteiger charge is -1.94. The number of aryl methyl sites for hydroxylation is 1. The number of hydrogen-bond donors (Lipinski definition) is 0. The van der Waals surface area contributed by atoms with E-state index in [0.717, 1.165) is 28.5 Å². The molecule has 0 aliphatic carbocycles. The van der Waals surface area contributed by atoms with E-state index in [9.17, 15) is 0 Å². The first-order chi connectivity index (χ1) is 8.79. The minimum absolute atomic E-state index is 0.539. The van der Waals surface area contributed by atoms with E-state index in [1.165, 1.54) is 0 Å². The lowest BCUT2D eigenvalue weighted by atomic mass is 10.3. The van der Waals surface area contributed by atoms with Crippen LogP contribution in [0.25, 0.3) is 16.5 Å². The summed E-state index contributed by atoms with van der Waals surface area (Å²) in [4.78, 5) is 5.42. The molecule has 0 aliphatic heterocycles. The quantitative estimate of drug-likeness (QED) is 0.687. The molecule has 3 rings (SSSR count). The molecular formula is C11H12N4OS2. The number of thioether (sulfide) groups is 1.